The number of fused-ring (bicyclic) bond motifs is 2. The van der Waals surface area contributed by atoms with E-state index < -0.39 is 5.91 Å². The summed E-state index contributed by atoms with van der Waals surface area (Å²) >= 11 is 0. The summed E-state index contributed by atoms with van der Waals surface area (Å²) in [4.78, 5) is 16.6. The fourth-order valence-electron chi connectivity index (χ4n) is 4.76. The fraction of sp³-hybridized carbons (Fsp3) is 0.320. The number of carbonyl (C=O) groups is 1. The zero-order valence-corrected chi connectivity index (χ0v) is 18.6. The van der Waals surface area contributed by atoms with Crippen LogP contribution in [0.4, 0.5) is 5.69 Å². The summed E-state index contributed by atoms with van der Waals surface area (Å²) in [5.74, 6) is -0.506. The molecule has 0 aliphatic heterocycles. The van der Waals surface area contributed by atoms with E-state index in [2.05, 4.69) is 42.2 Å². The van der Waals surface area contributed by atoms with Crippen molar-refractivity contribution in [1.82, 2.24) is 14.6 Å². The summed E-state index contributed by atoms with van der Waals surface area (Å²) in [6.07, 6.45) is 7.12. The Morgan fingerprint density at radius 1 is 1.19 bits per heavy atom. The Labute approximate surface area is 186 Å². The number of carbonyl (C=O) groups excluding carboxylic acids is 1. The Morgan fingerprint density at radius 3 is 2.72 bits per heavy atom. The second-order valence-electron chi connectivity index (χ2n) is 9.64. The van der Waals surface area contributed by atoms with Crippen molar-refractivity contribution in [2.75, 3.05) is 5.32 Å². The molecule has 32 heavy (non-hydrogen) atoms. The molecule has 7 heteroatoms. The minimum atomic E-state index is -0.506. The lowest BCUT2D eigenvalue weighted by Crippen LogP contribution is -2.51. The van der Waals surface area contributed by atoms with Crippen LogP contribution < -0.4 is 16.8 Å². The average Bonchev–Trinajstić information content (AvgIpc) is 3.28. The van der Waals surface area contributed by atoms with E-state index in [0.717, 1.165) is 40.4 Å². The Hall–Kier alpha value is -3.45. The Morgan fingerprint density at radius 2 is 2.00 bits per heavy atom. The van der Waals surface area contributed by atoms with Gasteiger partial charge in [0.2, 0.25) is 0 Å². The van der Waals surface area contributed by atoms with E-state index in [1.54, 1.807) is 10.7 Å². The predicted molar refractivity (Wildman–Crippen MR) is 127 cm³/mol. The summed E-state index contributed by atoms with van der Waals surface area (Å²) in [6.45, 7) is 6.44. The van der Waals surface area contributed by atoms with E-state index >= 15 is 0 Å². The monoisotopic (exact) mass is 428 g/mol. The van der Waals surface area contributed by atoms with Crippen molar-refractivity contribution >= 4 is 28.0 Å². The van der Waals surface area contributed by atoms with Crippen molar-refractivity contribution in [3.8, 4) is 11.1 Å². The molecule has 0 bridgehead atoms. The van der Waals surface area contributed by atoms with Gasteiger partial charge in [-0.1, -0.05) is 26.0 Å². The minimum absolute atomic E-state index is 0.104. The quantitative estimate of drug-likeness (QED) is 0.455. The van der Waals surface area contributed by atoms with Crippen molar-refractivity contribution in [3.05, 3.63) is 60.6 Å². The molecule has 164 valence electrons. The first-order chi connectivity index (χ1) is 15.2. The molecule has 1 aromatic carbocycles. The SMILES string of the molecule is CC1(C)[C@H](Nc2c(C(N)=O)cnn3cc(-c4ccc5ncccc5c4)cc23)CC[C@@]1(C)N. The molecule has 7 nitrogen and oxygen atoms in total. The number of aromatic nitrogens is 3. The molecule has 1 aliphatic rings. The van der Waals surface area contributed by atoms with Crippen LogP contribution in [0.15, 0.2) is 55.0 Å². The number of anilines is 1. The van der Waals surface area contributed by atoms with Crippen molar-refractivity contribution in [2.24, 2.45) is 16.9 Å². The molecule has 1 amide bonds. The summed E-state index contributed by atoms with van der Waals surface area (Å²) < 4.78 is 1.79. The molecule has 3 aromatic heterocycles. The lowest BCUT2D eigenvalue weighted by atomic mass is 9.75. The topological polar surface area (TPSA) is 111 Å². The van der Waals surface area contributed by atoms with Gasteiger partial charge in [0.15, 0.2) is 0 Å². The number of amides is 1. The number of nitrogens with zero attached hydrogens (tertiary/aromatic N) is 3. The Bertz CT molecular complexity index is 1350. The smallest absolute Gasteiger partial charge is 0.252 e. The first-order valence-electron chi connectivity index (χ1n) is 10.9. The molecule has 3 heterocycles. The largest absolute Gasteiger partial charge is 0.379 e. The first-order valence-corrected chi connectivity index (χ1v) is 10.9. The van der Waals surface area contributed by atoms with Crippen molar-refractivity contribution in [1.29, 1.82) is 0 Å². The summed E-state index contributed by atoms with van der Waals surface area (Å²) in [7, 11) is 0. The van der Waals surface area contributed by atoms with Crippen LogP contribution in [0.2, 0.25) is 0 Å². The maximum absolute atomic E-state index is 12.3. The molecule has 1 saturated carbocycles. The fourth-order valence-corrected chi connectivity index (χ4v) is 4.76. The first kappa shape index (κ1) is 20.5. The van der Waals surface area contributed by atoms with Gasteiger partial charge in [-0.2, -0.15) is 5.10 Å². The zero-order valence-electron chi connectivity index (χ0n) is 18.6. The zero-order chi connectivity index (χ0) is 22.7. The van der Waals surface area contributed by atoms with Crippen LogP contribution in [0, 0.1) is 5.41 Å². The Balaban J connectivity index is 1.62. The van der Waals surface area contributed by atoms with Gasteiger partial charge in [-0.05, 0) is 49.6 Å². The second-order valence-corrected chi connectivity index (χ2v) is 9.64. The number of hydrogen-bond donors (Lipinski definition) is 3. The summed E-state index contributed by atoms with van der Waals surface area (Å²) in [5, 5.41) is 9.14. The highest BCUT2D eigenvalue weighted by atomic mass is 16.1. The molecule has 5 N–H and O–H groups in total. The molecular formula is C25H28N6O. The third-order valence-corrected chi connectivity index (χ3v) is 7.45. The van der Waals surface area contributed by atoms with E-state index in [-0.39, 0.29) is 17.0 Å². The standard InChI is InChI=1S/C25H28N6O/c1-24(2)21(8-9-25(24,3)27)30-22-18(23(26)32)13-29-31-14-17(12-20(22)31)15-6-7-19-16(11-15)5-4-10-28-19/h4-7,10-14,21,30H,8-9,27H2,1-3H3,(H2,26,32)/t21-,25-/m1/s1. The lowest BCUT2D eigenvalue weighted by molar-refractivity contribution is 0.100. The molecule has 5 rings (SSSR count). The van der Waals surface area contributed by atoms with Gasteiger partial charge >= 0.3 is 0 Å². The number of nitrogens with one attached hydrogen (secondary N) is 1. The van der Waals surface area contributed by atoms with Gasteiger partial charge in [-0.25, -0.2) is 4.52 Å². The third kappa shape index (κ3) is 3.12. The molecule has 4 aromatic rings. The number of hydrogen-bond acceptors (Lipinski definition) is 5. The summed E-state index contributed by atoms with van der Waals surface area (Å²) in [6, 6.07) is 12.3. The highest BCUT2D eigenvalue weighted by Crippen LogP contribution is 2.46. The number of nitrogens with two attached hydrogens (primary N) is 2. The molecule has 1 aliphatic carbocycles. The van der Waals surface area contributed by atoms with Crippen LogP contribution in [0.3, 0.4) is 0 Å². The molecule has 0 spiro atoms. The minimum Gasteiger partial charge on any atom is -0.379 e. The van der Waals surface area contributed by atoms with E-state index in [0.29, 0.717) is 11.3 Å². The van der Waals surface area contributed by atoms with E-state index in [1.807, 2.05) is 36.5 Å². The van der Waals surface area contributed by atoms with Crippen LogP contribution in [-0.2, 0) is 0 Å². The molecule has 0 unspecified atom stereocenters. The van der Waals surface area contributed by atoms with Crippen molar-refractivity contribution in [2.45, 2.75) is 45.2 Å². The number of rotatable bonds is 4. The maximum atomic E-state index is 12.3. The van der Waals surface area contributed by atoms with Gasteiger partial charge in [0.05, 0.1) is 28.5 Å². The van der Waals surface area contributed by atoms with Crippen LogP contribution in [0.1, 0.15) is 44.0 Å². The van der Waals surface area contributed by atoms with E-state index in [9.17, 15) is 4.79 Å². The van der Waals surface area contributed by atoms with Gasteiger partial charge in [0, 0.05) is 40.3 Å². The number of pyridine rings is 1. The third-order valence-electron chi connectivity index (χ3n) is 7.45. The maximum Gasteiger partial charge on any atom is 0.252 e. The van der Waals surface area contributed by atoms with Crippen molar-refractivity contribution in [3.63, 3.8) is 0 Å². The molecule has 0 saturated heterocycles. The molecule has 0 radical (unpaired) electrons. The highest BCUT2D eigenvalue weighted by molar-refractivity contribution is 6.02. The number of benzene rings is 1. The van der Waals surface area contributed by atoms with Crippen LogP contribution in [0.25, 0.3) is 27.5 Å². The Kier molecular flexibility index (Phi) is 4.49. The van der Waals surface area contributed by atoms with Gasteiger partial charge < -0.3 is 16.8 Å². The predicted octanol–water partition coefficient (Wildman–Crippen LogP) is 3.97. The van der Waals surface area contributed by atoms with Gasteiger partial charge in [0.1, 0.15) is 0 Å². The van der Waals surface area contributed by atoms with E-state index in [1.165, 1.54) is 6.20 Å². The van der Waals surface area contributed by atoms with Crippen LogP contribution in [-0.4, -0.2) is 32.1 Å². The molecule has 1 fully saturated rings. The lowest BCUT2D eigenvalue weighted by Gasteiger charge is -2.39. The van der Waals surface area contributed by atoms with Gasteiger partial charge in [-0.3, -0.25) is 9.78 Å². The van der Waals surface area contributed by atoms with Gasteiger partial charge in [-0.15, -0.1) is 0 Å². The van der Waals surface area contributed by atoms with Crippen LogP contribution >= 0.6 is 0 Å². The summed E-state index contributed by atoms with van der Waals surface area (Å²) in [5.41, 5.74) is 16.7. The highest BCUT2D eigenvalue weighted by Gasteiger charge is 2.49. The van der Waals surface area contributed by atoms with Gasteiger partial charge in [0.25, 0.3) is 5.91 Å². The number of primary amides is 1. The second kappa shape index (κ2) is 7.03. The molecular weight excluding hydrogens is 400 g/mol. The normalized spacial score (nSPS) is 22.4. The van der Waals surface area contributed by atoms with Crippen molar-refractivity contribution < 1.29 is 4.79 Å². The van der Waals surface area contributed by atoms with E-state index in [4.69, 9.17) is 11.5 Å². The average molecular weight is 429 g/mol. The molecule has 2 atom stereocenters. The van der Waals surface area contributed by atoms with Crippen LogP contribution in [0.5, 0.6) is 0 Å².